The van der Waals surface area contributed by atoms with Crippen molar-refractivity contribution in [2.75, 3.05) is 19.9 Å². The molecule has 0 spiro atoms. The molecule has 3 heterocycles. The second kappa shape index (κ2) is 6.50. The summed E-state index contributed by atoms with van der Waals surface area (Å²) >= 11 is 6.11. The monoisotopic (exact) mass is 382 g/mol. The third-order valence-corrected chi connectivity index (χ3v) is 5.72. The smallest absolute Gasteiger partial charge is 0.231 e. The van der Waals surface area contributed by atoms with Crippen LogP contribution in [0.5, 0.6) is 11.5 Å². The highest BCUT2D eigenvalue weighted by molar-refractivity contribution is 6.31. The third kappa shape index (κ3) is 3.02. The van der Waals surface area contributed by atoms with Gasteiger partial charge < -0.3 is 19.4 Å². The summed E-state index contributed by atoms with van der Waals surface area (Å²) < 4.78 is 10.9. The van der Waals surface area contributed by atoms with Crippen LogP contribution in [0.15, 0.2) is 42.6 Å². The Hall–Kier alpha value is -2.66. The van der Waals surface area contributed by atoms with Gasteiger partial charge in [0.1, 0.15) is 0 Å². The van der Waals surface area contributed by atoms with Gasteiger partial charge in [0.15, 0.2) is 11.5 Å². The van der Waals surface area contributed by atoms with Crippen molar-refractivity contribution in [1.82, 2.24) is 9.88 Å². The molecule has 0 bridgehead atoms. The number of nitrogens with zero attached hydrogens (tertiary/aromatic N) is 1. The van der Waals surface area contributed by atoms with Gasteiger partial charge in [-0.3, -0.25) is 4.79 Å². The van der Waals surface area contributed by atoms with Crippen LogP contribution in [0.2, 0.25) is 5.02 Å². The number of hydrogen-bond donors (Lipinski definition) is 1. The van der Waals surface area contributed by atoms with Gasteiger partial charge in [-0.1, -0.05) is 17.7 Å². The van der Waals surface area contributed by atoms with E-state index in [1.54, 1.807) is 0 Å². The van der Waals surface area contributed by atoms with Crippen molar-refractivity contribution < 1.29 is 14.3 Å². The molecular weight excluding hydrogens is 364 g/mol. The number of ether oxygens (including phenoxy) is 2. The maximum atomic E-state index is 12.8. The predicted molar refractivity (Wildman–Crippen MR) is 104 cm³/mol. The molecule has 1 atom stereocenters. The van der Waals surface area contributed by atoms with E-state index in [1.165, 1.54) is 5.56 Å². The largest absolute Gasteiger partial charge is 0.454 e. The lowest BCUT2D eigenvalue weighted by Crippen LogP contribution is -2.29. The van der Waals surface area contributed by atoms with Crippen LogP contribution in [0.4, 0.5) is 0 Å². The molecule has 0 radical (unpaired) electrons. The maximum Gasteiger partial charge on any atom is 0.231 e. The lowest BCUT2D eigenvalue weighted by Gasteiger charge is -2.17. The Morgan fingerprint density at radius 3 is 3.00 bits per heavy atom. The number of amides is 1. The molecule has 138 valence electrons. The number of likely N-dealkylation sites (tertiary alicyclic amines) is 1. The van der Waals surface area contributed by atoms with Crippen molar-refractivity contribution in [2.24, 2.45) is 0 Å². The molecule has 1 fully saturated rings. The first-order chi connectivity index (χ1) is 13.2. The number of fused-ring (bicyclic) bond motifs is 2. The normalized spacial score (nSPS) is 18.4. The van der Waals surface area contributed by atoms with Crippen molar-refractivity contribution in [3.8, 4) is 11.5 Å². The van der Waals surface area contributed by atoms with E-state index in [-0.39, 0.29) is 12.7 Å². The minimum Gasteiger partial charge on any atom is -0.454 e. The van der Waals surface area contributed by atoms with Gasteiger partial charge in [0.2, 0.25) is 12.7 Å². The number of carbonyl (C=O) groups is 1. The van der Waals surface area contributed by atoms with Gasteiger partial charge in [0.25, 0.3) is 0 Å². The van der Waals surface area contributed by atoms with E-state index in [0.717, 1.165) is 47.5 Å². The van der Waals surface area contributed by atoms with E-state index in [1.807, 2.05) is 41.4 Å². The van der Waals surface area contributed by atoms with Crippen LogP contribution in [-0.4, -0.2) is 35.7 Å². The Kier molecular flexibility index (Phi) is 3.97. The summed E-state index contributed by atoms with van der Waals surface area (Å²) in [5, 5.41) is 1.70. The number of rotatable bonds is 3. The first kappa shape index (κ1) is 16.5. The van der Waals surface area contributed by atoms with Gasteiger partial charge in [0.05, 0.1) is 6.42 Å². The van der Waals surface area contributed by atoms with Gasteiger partial charge >= 0.3 is 0 Å². The summed E-state index contributed by atoms with van der Waals surface area (Å²) in [4.78, 5) is 18.0. The second-order valence-corrected chi connectivity index (χ2v) is 7.56. The Morgan fingerprint density at radius 1 is 1.19 bits per heavy atom. The summed E-state index contributed by atoms with van der Waals surface area (Å²) in [6.07, 6.45) is 3.25. The van der Waals surface area contributed by atoms with Crippen LogP contribution in [0.25, 0.3) is 10.9 Å². The Bertz CT molecular complexity index is 1030. The van der Waals surface area contributed by atoms with E-state index < -0.39 is 0 Å². The first-order valence-corrected chi connectivity index (χ1v) is 9.48. The van der Waals surface area contributed by atoms with Gasteiger partial charge in [-0.25, -0.2) is 0 Å². The zero-order valence-electron chi connectivity index (χ0n) is 14.7. The first-order valence-electron chi connectivity index (χ1n) is 9.10. The number of hydrogen-bond acceptors (Lipinski definition) is 3. The summed E-state index contributed by atoms with van der Waals surface area (Å²) in [5.74, 6) is 2.08. The number of H-pyrrole nitrogens is 1. The van der Waals surface area contributed by atoms with E-state index >= 15 is 0 Å². The summed E-state index contributed by atoms with van der Waals surface area (Å²) in [7, 11) is 0. The molecule has 1 aromatic heterocycles. The Labute approximate surface area is 161 Å². The number of aromatic amines is 1. The quantitative estimate of drug-likeness (QED) is 0.741. The molecule has 27 heavy (non-hydrogen) atoms. The van der Waals surface area contributed by atoms with Gasteiger partial charge in [-0.15, -0.1) is 0 Å². The SMILES string of the molecule is O=C(Cc1c[nH]c2ccc(Cl)cc12)N1CCC(c2ccc3c(c2)OCO3)C1. The molecule has 1 unspecified atom stereocenters. The molecule has 1 saturated heterocycles. The predicted octanol–water partition coefficient (Wildman–Crippen LogP) is 4.11. The van der Waals surface area contributed by atoms with Crippen LogP contribution >= 0.6 is 11.6 Å². The van der Waals surface area contributed by atoms with Gasteiger partial charge in [-0.05, 0) is 47.9 Å². The molecule has 2 aromatic carbocycles. The molecule has 1 N–H and O–H groups in total. The van der Waals surface area contributed by atoms with Crippen LogP contribution in [0.3, 0.4) is 0 Å². The average molecular weight is 383 g/mol. The van der Waals surface area contributed by atoms with Crippen molar-refractivity contribution in [3.63, 3.8) is 0 Å². The van der Waals surface area contributed by atoms with Gasteiger partial charge in [0, 0.05) is 41.1 Å². The minimum atomic E-state index is 0.152. The fourth-order valence-corrected chi connectivity index (χ4v) is 4.17. The zero-order chi connectivity index (χ0) is 18.4. The number of nitrogens with one attached hydrogen (secondary N) is 1. The van der Waals surface area contributed by atoms with Crippen molar-refractivity contribution in [2.45, 2.75) is 18.8 Å². The summed E-state index contributed by atoms with van der Waals surface area (Å²) in [6, 6.07) is 11.8. The van der Waals surface area contributed by atoms with Crippen molar-refractivity contribution in [3.05, 3.63) is 58.7 Å². The third-order valence-electron chi connectivity index (χ3n) is 5.48. The summed E-state index contributed by atoms with van der Waals surface area (Å²) in [6.45, 7) is 1.80. The molecule has 2 aliphatic heterocycles. The Balaban J connectivity index is 1.29. The molecule has 2 aliphatic rings. The number of aromatic nitrogens is 1. The van der Waals surface area contributed by atoms with E-state index in [4.69, 9.17) is 21.1 Å². The van der Waals surface area contributed by atoms with Crippen LogP contribution < -0.4 is 9.47 Å². The summed E-state index contributed by atoms with van der Waals surface area (Å²) in [5.41, 5.74) is 3.19. The topological polar surface area (TPSA) is 54.6 Å². The van der Waals surface area contributed by atoms with E-state index in [9.17, 15) is 4.79 Å². The second-order valence-electron chi connectivity index (χ2n) is 7.12. The average Bonchev–Trinajstić information content (AvgIpc) is 3.40. The lowest BCUT2D eigenvalue weighted by molar-refractivity contribution is -0.129. The highest BCUT2D eigenvalue weighted by Gasteiger charge is 2.28. The van der Waals surface area contributed by atoms with Crippen molar-refractivity contribution in [1.29, 1.82) is 0 Å². The maximum absolute atomic E-state index is 12.8. The highest BCUT2D eigenvalue weighted by Crippen LogP contribution is 2.37. The molecule has 5 rings (SSSR count). The molecule has 1 amide bonds. The van der Waals surface area contributed by atoms with Crippen LogP contribution in [0.1, 0.15) is 23.5 Å². The number of benzene rings is 2. The van der Waals surface area contributed by atoms with Crippen LogP contribution in [-0.2, 0) is 11.2 Å². The number of halogens is 1. The number of carbonyl (C=O) groups excluding carboxylic acids is 1. The molecular formula is C21H19ClN2O3. The molecule has 0 saturated carbocycles. The molecule has 5 nitrogen and oxygen atoms in total. The van der Waals surface area contributed by atoms with E-state index in [2.05, 4.69) is 11.1 Å². The molecule has 3 aromatic rings. The zero-order valence-corrected chi connectivity index (χ0v) is 15.5. The fraction of sp³-hybridized carbons (Fsp3) is 0.286. The van der Waals surface area contributed by atoms with Gasteiger partial charge in [-0.2, -0.15) is 0 Å². The molecule has 0 aliphatic carbocycles. The van der Waals surface area contributed by atoms with E-state index in [0.29, 0.717) is 17.4 Å². The van der Waals surface area contributed by atoms with Crippen LogP contribution in [0, 0.1) is 0 Å². The Morgan fingerprint density at radius 2 is 2.07 bits per heavy atom. The van der Waals surface area contributed by atoms with Crippen molar-refractivity contribution >= 4 is 28.4 Å². The fourth-order valence-electron chi connectivity index (χ4n) is 4.00. The highest BCUT2D eigenvalue weighted by atomic mass is 35.5. The standard InChI is InChI=1S/C21H19ClN2O3/c22-16-2-3-18-17(9-16)15(10-23-18)8-21(25)24-6-5-14(11-24)13-1-4-19-20(7-13)27-12-26-19/h1-4,7,9-10,14,23H,5-6,8,11-12H2. The molecule has 6 heteroatoms. The minimum absolute atomic E-state index is 0.152. The lowest BCUT2D eigenvalue weighted by atomic mass is 9.98.